The Morgan fingerprint density at radius 2 is 2.00 bits per heavy atom. The Morgan fingerprint density at radius 1 is 1.25 bits per heavy atom. The van der Waals surface area contributed by atoms with E-state index >= 15 is 0 Å². The number of benzene rings is 1. The lowest BCUT2D eigenvalue weighted by Gasteiger charge is -1.96. The predicted octanol–water partition coefficient (Wildman–Crippen LogP) is 2.17. The van der Waals surface area contributed by atoms with Crippen LogP contribution in [0.15, 0.2) is 24.3 Å². The van der Waals surface area contributed by atoms with Gasteiger partial charge in [-0.05, 0) is 12.1 Å². The van der Waals surface area contributed by atoms with Gasteiger partial charge < -0.3 is 0 Å². The second kappa shape index (κ2) is 3.07. The van der Waals surface area contributed by atoms with E-state index in [9.17, 15) is 0 Å². The molecule has 3 heteroatoms. The number of halogens is 1. The first-order chi connectivity index (χ1) is 5.90. The molecule has 59 valence electrons. The number of hydrogen-bond acceptors (Lipinski definition) is 2. The molecule has 0 aliphatic carbocycles. The van der Waals surface area contributed by atoms with E-state index in [0.717, 1.165) is 11.0 Å². The molecular formula is C9H6ClN2. The van der Waals surface area contributed by atoms with Crippen molar-refractivity contribution < 1.29 is 0 Å². The van der Waals surface area contributed by atoms with E-state index in [0.29, 0.717) is 11.6 Å². The van der Waals surface area contributed by atoms with Gasteiger partial charge in [0.2, 0.25) is 0 Å². The maximum Gasteiger partial charge on any atom is 0.114 e. The highest BCUT2D eigenvalue weighted by molar-refractivity contribution is 6.16. The molecule has 0 aliphatic rings. The fraction of sp³-hybridized carbons (Fsp3) is 0.111. The highest BCUT2D eigenvalue weighted by Gasteiger charge is 1.96. The van der Waals surface area contributed by atoms with Gasteiger partial charge in [-0.3, -0.25) is 0 Å². The molecule has 0 saturated heterocycles. The van der Waals surface area contributed by atoms with Crippen molar-refractivity contribution in [1.82, 2.24) is 9.97 Å². The zero-order valence-corrected chi connectivity index (χ0v) is 7.04. The van der Waals surface area contributed by atoms with Gasteiger partial charge in [0.15, 0.2) is 0 Å². The molecule has 1 aromatic carbocycles. The molecule has 0 spiro atoms. The molecular weight excluding hydrogens is 172 g/mol. The van der Waals surface area contributed by atoms with Crippen LogP contribution in [-0.2, 0) is 5.88 Å². The predicted molar refractivity (Wildman–Crippen MR) is 47.9 cm³/mol. The molecule has 2 nitrogen and oxygen atoms in total. The van der Waals surface area contributed by atoms with Crippen LogP contribution >= 0.6 is 11.6 Å². The summed E-state index contributed by atoms with van der Waals surface area (Å²) >= 11 is 5.59. The third kappa shape index (κ3) is 1.25. The number of hydrogen-bond donors (Lipinski definition) is 0. The maximum absolute atomic E-state index is 5.59. The first-order valence-corrected chi connectivity index (χ1v) is 4.13. The minimum absolute atomic E-state index is 0.359. The van der Waals surface area contributed by atoms with Gasteiger partial charge in [0, 0.05) is 0 Å². The number of nitrogens with zero attached hydrogens (tertiary/aromatic N) is 2. The van der Waals surface area contributed by atoms with Crippen LogP contribution in [0.1, 0.15) is 5.69 Å². The van der Waals surface area contributed by atoms with Crippen LogP contribution in [0.25, 0.3) is 11.0 Å². The molecule has 1 heterocycles. The Morgan fingerprint density at radius 3 is 2.75 bits per heavy atom. The molecule has 2 rings (SSSR count). The van der Waals surface area contributed by atoms with Crippen LogP contribution in [0.5, 0.6) is 0 Å². The molecule has 0 unspecified atom stereocenters. The van der Waals surface area contributed by atoms with Crippen LogP contribution < -0.4 is 0 Å². The number of aromatic nitrogens is 2. The second-order valence-electron chi connectivity index (χ2n) is 2.40. The molecule has 0 fully saturated rings. The highest BCUT2D eigenvalue weighted by atomic mass is 35.5. The quantitative estimate of drug-likeness (QED) is 0.624. The summed E-state index contributed by atoms with van der Waals surface area (Å²) in [6.45, 7) is 0. The van der Waals surface area contributed by atoms with Crippen molar-refractivity contribution in [3.8, 4) is 0 Å². The molecule has 0 saturated carbocycles. The summed E-state index contributed by atoms with van der Waals surface area (Å²) in [7, 11) is 0. The minimum atomic E-state index is 0.359. The van der Waals surface area contributed by atoms with E-state index in [4.69, 9.17) is 11.6 Å². The standard InChI is InChI=1S/C9H6ClN2/c10-5-7-6-11-8-3-1-2-4-9(8)12-7/h1-4H,5H2. The van der Waals surface area contributed by atoms with Crippen molar-refractivity contribution in [1.29, 1.82) is 0 Å². The summed E-state index contributed by atoms with van der Waals surface area (Å²) in [5.74, 6) is 0.359. The van der Waals surface area contributed by atoms with Crippen molar-refractivity contribution in [2.24, 2.45) is 0 Å². The molecule has 0 bridgehead atoms. The lowest BCUT2D eigenvalue weighted by molar-refractivity contribution is 1.15. The molecule has 12 heavy (non-hydrogen) atoms. The van der Waals surface area contributed by atoms with Gasteiger partial charge in [-0.25, -0.2) is 9.97 Å². The summed E-state index contributed by atoms with van der Waals surface area (Å²) < 4.78 is 0. The lowest BCUT2D eigenvalue weighted by atomic mass is 10.3. The van der Waals surface area contributed by atoms with Crippen LogP contribution in [0, 0.1) is 6.20 Å². The average Bonchev–Trinajstić information content (AvgIpc) is 2.17. The zero-order chi connectivity index (χ0) is 8.39. The first-order valence-electron chi connectivity index (χ1n) is 3.59. The fourth-order valence-corrected chi connectivity index (χ4v) is 1.13. The third-order valence-corrected chi connectivity index (χ3v) is 1.82. The maximum atomic E-state index is 5.59. The van der Waals surface area contributed by atoms with Crippen LogP contribution in [0.4, 0.5) is 0 Å². The summed E-state index contributed by atoms with van der Waals surface area (Å²) in [6, 6.07) is 7.66. The third-order valence-electron chi connectivity index (χ3n) is 1.57. The average molecular weight is 178 g/mol. The summed E-state index contributed by atoms with van der Waals surface area (Å²) in [5.41, 5.74) is 2.41. The van der Waals surface area contributed by atoms with E-state index in [1.165, 1.54) is 0 Å². The van der Waals surface area contributed by atoms with Crippen LogP contribution in [-0.4, -0.2) is 9.97 Å². The Bertz CT molecular complexity index is 400. The molecule has 0 atom stereocenters. The van der Waals surface area contributed by atoms with Gasteiger partial charge in [0.05, 0.1) is 22.6 Å². The number of rotatable bonds is 1. The normalized spacial score (nSPS) is 10.4. The number of fused-ring (bicyclic) bond motifs is 1. The Kier molecular flexibility index (Phi) is 1.92. The molecule has 0 N–H and O–H groups in total. The number of alkyl halides is 1. The van der Waals surface area contributed by atoms with Gasteiger partial charge >= 0.3 is 0 Å². The highest BCUT2D eigenvalue weighted by Crippen LogP contribution is 2.08. The Balaban J connectivity index is 2.67. The SMILES string of the molecule is ClCc1[c]nc2ccccc2n1. The fourth-order valence-electron chi connectivity index (χ4n) is 1.01. The molecule has 0 aliphatic heterocycles. The van der Waals surface area contributed by atoms with Gasteiger partial charge in [-0.2, -0.15) is 0 Å². The second-order valence-corrected chi connectivity index (χ2v) is 2.67. The van der Waals surface area contributed by atoms with Gasteiger partial charge in [0.1, 0.15) is 6.20 Å². The van der Waals surface area contributed by atoms with Crippen molar-refractivity contribution in [3.63, 3.8) is 0 Å². The summed E-state index contributed by atoms with van der Waals surface area (Å²) in [6.07, 6.45) is 2.77. The summed E-state index contributed by atoms with van der Waals surface area (Å²) in [5, 5.41) is 0. The summed E-state index contributed by atoms with van der Waals surface area (Å²) in [4.78, 5) is 8.32. The zero-order valence-electron chi connectivity index (χ0n) is 6.29. The largest absolute Gasteiger partial charge is 0.248 e. The van der Waals surface area contributed by atoms with E-state index in [1.54, 1.807) is 0 Å². The van der Waals surface area contributed by atoms with Gasteiger partial charge in [-0.1, -0.05) is 12.1 Å². The molecule has 1 aromatic heterocycles. The number of para-hydroxylation sites is 2. The monoisotopic (exact) mass is 177 g/mol. The van der Waals surface area contributed by atoms with E-state index < -0.39 is 0 Å². The van der Waals surface area contributed by atoms with Crippen molar-refractivity contribution in [3.05, 3.63) is 36.2 Å². The van der Waals surface area contributed by atoms with Crippen molar-refractivity contribution in [2.45, 2.75) is 5.88 Å². The topological polar surface area (TPSA) is 25.8 Å². The molecule has 1 radical (unpaired) electrons. The molecule has 2 aromatic rings. The Labute approximate surface area is 75.2 Å². The first kappa shape index (κ1) is 7.50. The van der Waals surface area contributed by atoms with Gasteiger partial charge in [-0.15, -0.1) is 11.6 Å². The lowest BCUT2D eigenvalue weighted by Crippen LogP contribution is -1.89. The Hall–Kier alpha value is -1.15. The van der Waals surface area contributed by atoms with E-state index in [1.807, 2.05) is 24.3 Å². The van der Waals surface area contributed by atoms with E-state index in [-0.39, 0.29) is 0 Å². The van der Waals surface area contributed by atoms with Crippen LogP contribution in [0.3, 0.4) is 0 Å². The smallest absolute Gasteiger partial charge is 0.114 e. The van der Waals surface area contributed by atoms with Crippen LogP contribution in [0.2, 0.25) is 0 Å². The minimum Gasteiger partial charge on any atom is -0.248 e. The van der Waals surface area contributed by atoms with Crippen molar-refractivity contribution in [2.75, 3.05) is 0 Å². The van der Waals surface area contributed by atoms with E-state index in [2.05, 4.69) is 16.2 Å². The molecule has 0 amide bonds. The van der Waals surface area contributed by atoms with Gasteiger partial charge in [0.25, 0.3) is 0 Å². The van der Waals surface area contributed by atoms with Crippen molar-refractivity contribution >= 4 is 22.6 Å².